The summed E-state index contributed by atoms with van der Waals surface area (Å²) in [5.41, 5.74) is 2.00. The Morgan fingerprint density at radius 2 is 2.00 bits per heavy atom. The number of Topliss-reactive ketones (excluding diaryl/α,β-unsaturated/α-hetero) is 1. The normalized spacial score (nSPS) is 15.4. The second-order valence-corrected chi connectivity index (χ2v) is 4.31. The van der Waals surface area contributed by atoms with Crippen LogP contribution in [0.2, 0.25) is 0 Å². The summed E-state index contributed by atoms with van der Waals surface area (Å²) >= 11 is 0. The summed E-state index contributed by atoms with van der Waals surface area (Å²) in [6.07, 6.45) is 2.11. The minimum atomic E-state index is -0.132. The summed E-state index contributed by atoms with van der Waals surface area (Å²) in [5.74, 6) is -0.132. The van der Waals surface area contributed by atoms with Gasteiger partial charge in [0.05, 0.1) is 5.56 Å². The van der Waals surface area contributed by atoms with Crippen LogP contribution >= 0.6 is 0 Å². The van der Waals surface area contributed by atoms with E-state index >= 15 is 0 Å². The highest BCUT2D eigenvalue weighted by molar-refractivity contribution is 5.95. The van der Waals surface area contributed by atoms with Crippen LogP contribution in [-0.4, -0.2) is 10.4 Å². The van der Waals surface area contributed by atoms with Gasteiger partial charge in [0.1, 0.15) is 0 Å². The molecule has 3 heteroatoms. The van der Waals surface area contributed by atoms with Gasteiger partial charge in [-0.05, 0) is 45.2 Å². The molecule has 1 fully saturated rings. The molecule has 0 spiro atoms. The van der Waals surface area contributed by atoms with E-state index < -0.39 is 0 Å². The molecule has 1 heterocycles. The van der Waals surface area contributed by atoms with Crippen molar-refractivity contribution in [3.05, 3.63) is 33.2 Å². The largest absolute Gasteiger partial charge is 0.309 e. The second-order valence-electron chi connectivity index (χ2n) is 4.31. The van der Waals surface area contributed by atoms with Crippen LogP contribution in [0.3, 0.4) is 0 Å². The van der Waals surface area contributed by atoms with Crippen molar-refractivity contribution in [1.82, 2.24) is 4.57 Å². The molecular formula is C12H15NO2. The summed E-state index contributed by atoms with van der Waals surface area (Å²) < 4.78 is 1.77. The molecule has 0 atom stereocenters. The van der Waals surface area contributed by atoms with E-state index in [0.29, 0.717) is 11.6 Å². The molecule has 0 aromatic carbocycles. The fourth-order valence-corrected chi connectivity index (χ4v) is 2.12. The van der Waals surface area contributed by atoms with Gasteiger partial charge in [0.15, 0.2) is 5.78 Å². The number of aryl methyl sites for hydroxylation is 2. The molecule has 0 unspecified atom stereocenters. The van der Waals surface area contributed by atoms with Crippen LogP contribution in [0.1, 0.15) is 47.4 Å². The number of hydrogen-bond donors (Lipinski definition) is 0. The molecule has 2 rings (SSSR count). The zero-order valence-corrected chi connectivity index (χ0v) is 9.33. The van der Waals surface area contributed by atoms with Crippen LogP contribution in [0.25, 0.3) is 0 Å². The molecular weight excluding hydrogens is 190 g/mol. The van der Waals surface area contributed by atoms with Gasteiger partial charge in [-0.2, -0.15) is 0 Å². The Balaban J connectivity index is 2.71. The quantitative estimate of drug-likeness (QED) is 0.693. The van der Waals surface area contributed by atoms with Crippen molar-refractivity contribution in [2.24, 2.45) is 0 Å². The SMILES string of the molecule is CC(=O)c1c(C)cc(C)n(C2CC2)c1=O. The molecule has 1 aliphatic rings. The fourth-order valence-electron chi connectivity index (χ4n) is 2.12. The number of hydrogen-bond acceptors (Lipinski definition) is 2. The molecule has 15 heavy (non-hydrogen) atoms. The zero-order chi connectivity index (χ0) is 11.2. The molecule has 1 saturated carbocycles. The third kappa shape index (κ3) is 1.62. The lowest BCUT2D eigenvalue weighted by Gasteiger charge is -2.12. The third-order valence-corrected chi connectivity index (χ3v) is 2.90. The van der Waals surface area contributed by atoms with E-state index in [2.05, 4.69) is 0 Å². The van der Waals surface area contributed by atoms with Crippen molar-refractivity contribution >= 4 is 5.78 Å². The van der Waals surface area contributed by atoms with Crippen LogP contribution < -0.4 is 5.56 Å². The Kier molecular flexibility index (Phi) is 2.25. The van der Waals surface area contributed by atoms with E-state index in [9.17, 15) is 9.59 Å². The van der Waals surface area contributed by atoms with Crippen LogP contribution in [0.4, 0.5) is 0 Å². The average molecular weight is 205 g/mol. The molecule has 0 bridgehead atoms. The molecule has 3 nitrogen and oxygen atoms in total. The first-order valence-corrected chi connectivity index (χ1v) is 5.26. The summed E-state index contributed by atoms with van der Waals surface area (Å²) in [7, 11) is 0. The van der Waals surface area contributed by atoms with Crippen LogP contribution in [0.5, 0.6) is 0 Å². The van der Waals surface area contributed by atoms with E-state index in [0.717, 1.165) is 24.1 Å². The Hall–Kier alpha value is -1.38. The van der Waals surface area contributed by atoms with Gasteiger partial charge < -0.3 is 4.57 Å². The predicted molar refractivity (Wildman–Crippen MR) is 58.5 cm³/mol. The van der Waals surface area contributed by atoms with Gasteiger partial charge in [-0.25, -0.2) is 0 Å². The molecule has 0 saturated heterocycles. The minimum absolute atomic E-state index is 0.109. The highest BCUT2D eigenvalue weighted by atomic mass is 16.1. The first-order chi connectivity index (χ1) is 7.02. The molecule has 0 radical (unpaired) electrons. The standard InChI is InChI=1S/C12H15NO2/c1-7-6-8(2)13(10-4-5-10)12(15)11(7)9(3)14/h6,10H,4-5H2,1-3H3. The van der Waals surface area contributed by atoms with Gasteiger partial charge in [-0.1, -0.05) is 0 Å². The number of ketones is 1. The lowest BCUT2D eigenvalue weighted by Crippen LogP contribution is -2.27. The van der Waals surface area contributed by atoms with Crippen LogP contribution in [0, 0.1) is 13.8 Å². The van der Waals surface area contributed by atoms with E-state index in [1.54, 1.807) is 4.57 Å². The summed E-state index contributed by atoms with van der Waals surface area (Å²) in [6, 6.07) is 2.26. The van der Waals surface area contributed by atoms with Crippen molar-refractivity contribution in [2.75, 3.05) is 0 Å². The maximum absolute atomic E-state index is 12.1. The smallest absolute Gasteiger partial charge is 0.262 e. The number of pyridine rings is 1. The fraction of sp³-hybridized carbons (Fsp3) is 0.500. The van der Waals surface area contributed by atoms with E-state index in [1.165, 1.54) is 6.92 Å². The average Bonchev–Trinajstić information content (AvgIpc) is 2.85. The number of aromatic nitrogens is 1. The molecule has 0 aliphatic heterocycles. The van der Waals surface area contributed by atoms with Crippen molar-refractivity contribution in [2.45, 2.75) is 39.7 Å². The molecule has 1 aromatic rings. The Morgan fingerprint density at radius 3 is 2.47 bits per heavy atom. The van der Waals surface area contributed by atoms with E-state index in [4.69, 9.17) is 0 Å². The highest BCUT2D eigenvalue weighted by Crippen LogP contribution is 2.34. The van der Waals surface area contributed by atoms with E-state index in [-0.39, 0.29) is 11.3 Å². The molecule has 0 amide bonds. The maximum Gasteiger partial charge on any atom is 0.262 e. The van der Waals surface area contributed by atoms with Crippen molar-refractivity contribution in [1.29, 1.82) is 0 Å². The lowest BCUT2D eigenvalue weighted by molar-refractivity contribution is 0.101. The number of carbonyl (C=O) groups excluding carboxylic acids is 1. The Morgan fingerprint density at radius 1 is 1.40 bits per heavy atom. The van der Waals surface area contributed by atoms with E-state index in [1.807, 2.05) is 19.9 Å². The number of rotatable bonds is 2. The minimum Gasteiger partial charge on any atom is -0.309 e. The third-order valence-electron chi connectivity index (χ3n) is 2.90. The van der Waals surface area contributed by atoms with Crippen molar-refractivity contribution in [3.8, 4) is 0 Å². The molecule has 1 aliphatic carbocycles. The monoisotopic (exact) mass is 205 g/mol. The van der Waals surface area contributed by atoms with Crippen LogP contribution in [-0.2, 0) is 0 Å². The van der Waals surface area contributed by atoms with Gasteiger partial charge in [-0.3, -0.25) is 9.59 Å². The van der Waals surface area contributed by atoms with Gasteiger partial charge in [-0.15, -0.1) is 0 Å². The van der Waals surface area contributed by atoms with Gasteiger partial charge in [0.25, 0.3) is 5.56 Å². The Labute approximate surface area is 88.7 Å². The Bertz CT molecular complexity index is 481. The van der Waals surface area contributed by atoms with Crippen LogP contribution in [0.15, 0.2) is 10.9 Å². The van der Waals surface area contributed by atoms with Gasteiger partial charge >= 0.3 is 0 Å². The number of nitrogens with zero attached hydrogens (tertiary/aromatic N) is 1. The zero-order valence-electron chi connectivity index (χ0n) is 9.33. The summed E-state index contributed by atoms with van der Waals surface area (Å²) in [5, 5.41) is 0. The predicted octanol–water partition coefficient (Wildman–Crippen LogP) is 2.00. The van der Waals surface area contributed by atoms with Gasteiger partial charge in [0.2, 0.25) is 0 Å². The second kappa shape index (κ2) is 3.33. The highest BCUT2D eigenvalue weighted by Gasteiger charge is 2.27. The summed E-state index contributed by atoms with van der Waals surface area (Å²) in [4.78, 5) is 23.5. The maximum atomic E-state index is 12.1. The first-order valence-electron chi connectivity index (χ1n) is 5.26. The van der Waals surface area contributed by atoms with Crippen molar-refractivity contribution < 1.29 is 4.79 Å². The first kappa shape index (κ1) is 10.1. The van der Waals surface area contributed by atoms with Gasteiger partial charge in [0, 0.05) is 11.7 Å². The molecule has 80 valence electrons. The topological polar surface area (TPSA) is 39.1 Å². The summed E-state index contributed by atoms with van der Waals surface area (Å²) in [6.45, 7) is 5.20. The molecule has 0 N–H and O–H groups in total. The molecule has 1 aromatic heterocycles. The lowest BCUT2D eigenvalue weighted by atomic mass is 10.1. The van der Waals surface area contributed by atoms with Crippen molar-refractivity contribution in [3.63, 3.8) is 0 Å². The number of carbonyl (C=O) groups is 1.